The maximum atomic E-state index is 4.13. The molecule has 0 bridgehead atoms. The van der Waals surface area contributed by atoms with Crippen LogP contribution in [-0.2, 0) is 6.54 Å². The number of fused-ring (bicyclic) bond motifs is 1. The van der Waals surface area contributed by atoms with Gasteiger partial charge in [-0.25, -0.2) is 0 Å². The molecule has 0 saturated heterocycles. The Labute approximate surface area is 113 Å². The van der Waals surface area contributed by atoms with Gasteiger partial charge in [-0.15, -0.1) is 0 Å². The van der Waals surface area contributed by atoms with Gasteiger partial charge in [0, 0.05) is 30.0 Å². The van der Waals surface area contributed by atoms with Crippen LogP contribution in [0.4, 0.5) is 5.69 Å². The fourth-order valence-electron chi connectivity index (χ4n) is 2.21. The molecule has 0 aliphatic carbocycles. The molecule has 0 aliphatic heterocycles. The van der Waals surface area contributed by atoms with Gasteiger partial charge in [0.2, 0.25) is 0 Å². The third-order valence-electron chi connectivity index (χ3n) is 3.33. The van der Waals surface area contributed by atoms with E-state index in [9.17, 15) is 0 Å². The van der Waals surface area contributed by atoms with Crippen LogP contribution in [0.3, 0.4) is 0 Å². The summed E-state index contributed by atoms with van der Waals surface area (Å²) in [5.74, 6) is 0. The Balaban J connectivity index is 1.80. The van der Waals surface area contributed by atoms with Crippen LogP contribution in [0.2, 0.25) is 0 Å². The highest BCUT2D eigenvalue weighted by molar-refractivity contribution is 5.82. The van der Waals surface area contributed by atoms with Gasteiger partial charge in [0.25, 0.3) is 0 Å². The van der Waals surface area contributed by atoms with Crippen molar-refractivity contribution in [1.29, 1.82) is 0 Å². The second kappa shape index (κ2) is 5.11. The summed E-state index contributed by atoms with van der Waals surface area (Å²) in [5, 5.41) is 5.90. The average Bonchev–Trinajstić information content (AvgIpc) is 2.46. The Hall–Kier alpha value is -2.35. The van der Waals surface area contributed by atoms with Gasteiger partial charge in [-0.2, -0.15) is 0 Å². The lowest BCUT2D eigenvalue weighted by Crippen LogP contribution is -2.00. The SMILES string of the molecule is Cc1ccccc1NCc1ccc2cnccc2c1. The van der Waals surface area contributed by atoms with E-state index in [0.29, 0.717) is 0 Å². The van der Waals surface area contributed by atoms with Crippen molar-refractivity contribution in [2.24, 2.45) is 0 Å². The fraction of sp³-hybridized carbons (Fsp3) is 0.118. The summed E-state index contributed by atoms with van der Waals surface area (Å²) in [5.41, 5.74) is 3.74. The van der Waals surface area contributed by atoms with Crippen LogP contribution in [0.15, 0.2) is 60.9 Å². The van der Waals surface area contributed by atoms with E-state index < -0.39 is 0 Å². The average molecular weight is 248 g/mol. The molecule has 1 aromatic heterocycles. The van der Waals surface area contributed by atoms with Gasteiger partial charge in [0.15, 0.2) is 0 Å². The molecule has 1 N–H and O–H groups in total. The van der Waals surface area contributed by atoms with E-state index in [2.05, 4.69) is 59.7 Å². The number of aryl methyl sites for hydroxylation is 1. The van der Waals surface area contributed by atoms with E-state index in [1.807, 2.05) is 18.5 Å². The molecule has 2 aromatic carbocycles. The minimum Gasteiger partial charge on any atom is -0.381 e. The third-order valence-corrected chi connectivity index (χ3v) is 3.33. The quantitative estimate of drug-likeness (QED) is 0.753. The van der Waals surface area contributed by atoms with E-state index in [1.54, 1.807) is 0 Å². The lowest BCUT2D eigenvalue weighted by Gasteiger charge is -2.09. The number of nitrogens with one attached hydrogen (secondary N) is 1. The van der Waals surface area contributed by atoms with E-state index in [1.165, 1.54) is 27.6 Å². The summed E-state index contributed by atoms with van der Waals surface area (Å²) in [6.45, 7) is 2.96. The second-order valence-corrected chi connectivity index (χ2v) is 4.73. The molecular weight excluding hydrogens is 232 g/mol. The van der Waals surface area contributed by atoms with E-state index in [0.717, 1.165) is 6.54 Å². The highest BCUT2D eigenvalue weighted by Gasteiger charge is 1.99. The number of hydrogen-bond donors (Lipinski definition) is 1. The molecule has 0 saturated carbocycles. The molecule has 0 fully saturated rings. The van der Waals surface area contributed by atoms with Crippen molar-refractivity contribution >= 4 is 16.5 Å². The van der Waals surface area contributed by atoms with E-state index >= 15 is 0 Å². The van der Waals surface area contributed by atoms with Crippen LogP contribution in [0, 0.1) is 6.92 Å². The second-order valence-electron chi connectivity index (χ2n) is 4.73. The van der Waals surface area contributed by atoms with Crippen molar-refractivity contribution in [1.82, 2.24) is 4.98 Å². The van der Waals surface area contributed by atoms with Crippen LogP contribution in [0.1, 0.15) is 11.1 Å². The molecular formula is C17H16N2. The minimum absolute atomic E-state index is 0.836. The van der Waals surface area contributed by atoms with Crippen LogP contribution in [0.25, 0.3) is 10.8 Å². The van der Waals surface area contributed by atoms with E-state index in [4.69, 9.17) is 0 Å². The van der Waals surface area contributed by atoms with Crippen molar-refractivity contribution < 1.29 is 0 Å². The normalized spacial score (nSPS) is 10.6. The van der Waals surface area contributed by atoms with Crippen molar-refractivity contribution in [3.8, 4) is 0 Å². The topological polar surface area (TPSA) is 24.9 Å². The molecule has 3 rings (SSSR count). The van der Waals surface area contributed by atoms with Crippen molar-refractivity contribution in [3.63, 3.8) is 0 Å². The van der Waals surface area contributed by atoms with Gasteiger partial charge in [0.05, 0.1) is 0 Å². The summed E-state index contributed by atoms with van der Waals surface area (Å²) >= 11 is 0. The molecule has 2 heteroatoms. The third kappa shape index (κ3) is 2.58. The Morgan fingerprint density at radius 2 is 1.89 bits per heavy atom. The fourth-order valence-corrected chi connectivity index (χ4v) is 2.21. The summed E-state index contributed by atoms with van der Waals surface area (Å²) in [6, 6.07) is 16.9. The molecule has 94 valence electrons. The number of aromatic nitrogens is 1. The monoisotopic (exact) mass is 248 g/mol. The standard InChI is InChI=1S/C17H16N2/c1-13-4-2-3-5-17(13)19-11-14-6-7-16-12-18-9-8-15(16)10-14/h2-10,12,19H,11H2,1H3. The summed E-state index contributed by atoms with van der Waals surface area (Å²) in [7, 11) is 0. The molecule has 0 atom stereocenters. The van der Waals surface area contributed by atoms with Gasteiger partial charge in [-0.05, 0) is 41.6 Å². The highest BCUT2D eigenvalue weighted by atomic mass is 14.9. The minimum atomic E-state index is 0.836. The molecule has 0 amide bonds. The van der Waals surface area contributed by atoms with Crippen LogP contribution < -0.4 is 5.32 Å². The lowest BCUT2D eigenvalue weighted by molar-refractivity contribution is 1.14. The first-order valence-corrected chi connectivity index (χ1v) is 6.45. The molecule has 1 heterocycles. The molecule has 0 spiro atoms. The first-order chi connectivity index (χ1) is 9.33. The Bertz CT molecular complexity index is 704. The zero-order chi connectivity index (χ0) is 13.1. The Morgan fingerprint density at radius 3 is 2.79 bits per heavy atom. The number of anilines is 1. The maximum Gasteiger partial charge on any atom is 0.0401 e. The zero-order valence-corrected chi connectivity index (χ0v) is 10.9. The Kier molecular flexibility index (Phi) is 3.15. The molecule has 0 unspecified atom stereocenters. The summed E-state index contributed by atoms with van der Waals surface area (Å²) in [6.07, 6.45) is 3.73. The molecule has 3 aromatic rings. The number of pyridine rings is 1. The van der Waals surface area contributed by atoms with Crippen molar-refractivity contribution in [2.45, 2.75) is 13.5 Å². The predicted octanol–water partition coefficient (Wildman–Crippen LogP) is 4.16. The number of hydrogen-bond acceptors (Lipinski definition) is 2. The smallest absolute Gasteiger partial charge is 0.0401 e. The molecule has 2 nitrogen and oxygen atoms in total. The first-order valence-electron chi connectivity index (χ1n) is 6.45. The Morgan fingerprint density at radius 1 is 1.00 bits per heavy atom. The lowest BCUT2D eigenvalue weighted by atomic mass is 10.1. The number of rotatable bonds is 3. The van der Waals surface area contributed by atoms with Crippen molar-refractivity contribution in [2.75, 3.05) is 5.32 Å². The number of para-hydroxylation sites is 1. The predicted molar refractivity (Wildman–Crippen MR) is 80.2 cm³/mol. The van der Waals surface area contributed by atoms with E-state index in [-0.39, 0.29) is 0 Å². The van der Waals surface area contributed by atoms with Gasteiger partial charge in [0.1, 0.15) is 0 Å². The number of benzene rings is 2. The molecule has 19 heavy (non-hydrogen) atoms. The number of nitrogens with zero attached hydrogens (tertiary/aromatic N) is 1. The molecule has 0 radical (unpaired) electrons. The van der Waals surface area contributed by atoms with Crippen LogP contribution in [0.5, 0.6) is 0 Å². The van der Waals surface area contributed by atoms with Crippen LogP contribution >= 0.6 is 0 Å². The summed E-state index contributed by atoms with van der Waals surface area (Å²) < 4.78 is 0. The van der Waals surface area contributed by atoms with Crippen LogP contribution in [-0.4, -0.2) is 4.98 Å². The van der Waals surface area contributed by atoms with Gasteiger partial charge in [-0.3, -0.25) is 4.98 Å². The maximum absolute atomic E-state index is 4.13. The highest BCUT2D eigenvalue weighted by Crippen LogP contribution is 2.17. The van der Waals surface area contributed by atoms with Gasteiger partial charge in [-0.1, -0.05) is 30.3 Å². The van der Waals surface area contributed by atoms with Gasteiger partial charge >= 0.3 is 0 Å². The largest absolute Gasteiger partial charge is 0.381 e. The molecule has 0 aliphatic rings. The zero-order valence-electron chi connectivity index (χ0n) is 10.9. The first kappa shape index (κ1) is 11.7. The summed E-state index contributed by atoms with van der Waals surface area (Å²) in [4.78, 5) is 4.13. The van der Waals surface area contributed by atoms with Gasteiger partial charge < -0.3 is 5.32 Å². The van der Waals surface area contributed by atoms with Crippen molar-refractivity contribution in [3.05, 3.63) is 72.1 Å².